The maximum atomic E-state index is 9.98. The molecule has 2 aromatic heterocycles. The lowest BCUT2D eigenvalue weighted by atomic mass is 10.1. The molecule has 0 aliphatic rings. The van der Waals surface area contributed by atoms with Crippen LogP contribution in [0, 0.1) is 6.92 Å². The van der Waals surface area contributed by atoms with E-state index in [1.807, 2.05) is 23.5 Å². The first-order valence-corrected chi connectivity index (χ1v) is 8.35. The van der Waals surface area contributed by atoms with E-state index in [4.69, 9.17) is 4.42 Å². The molecule has 0 atom stereocenters. The van der Waals surface area contributed by atoms with E-state index in [2.05, 4.69) is 30.2 Å². The number of aryl methyl sites for hydroxylation is 1. The molecular formula is C17H25NO2S. The van der Waals surface area contributed by atoms with Crippen LogP contribution in [0.2, 0.25) is 0 Å². The summed E-state index contributed by atoms with van der Waals surface area (Å²) >= 11 is 1.81. The third-order valence-corrected chi connectivity index (χ3v) is 4.53. The van der Waals surface area contributed by atoms with Crippen molar-refractivity contribution in [1.29, 1.82) is 0 Å². The maximum Gasteiger partial charge on any atom is 0.135 e. The Hall–Kier alpha value is -1.10. The predicted molar refractivity (Wildman–Crippen MR) is 87.4 cm³/mol. The number of aliphatic hydroxyl groups is 1. The summed E-state index contributed by atoms with van der Waals surface area (Å²) in [6, 6.07) is 6.01. The van der Waals surface area contributed by atoms with E-state index < -0.39 is 5.60 Å². The Labute approximate surface area is 131 Å². The van der Waals surface area contributed by atoms with E-state index in [1.165, 1.54) is 10.4 Å². The molecule has 3 nitrogen and oxygen atoms in total. The minimum absolute atomic E-state index is 0.626. The van der Waals surface area contributed by atoms with Gasteiger partial charge in [0.05, 0.1) is 6.54 Å². The summed E-state index contributed by atoms with van der Waals surface area (Å²) in [4.78, 5) is 3.81. The van der Waals surface area contributed by atoms with Crippen molar-refractivity contribution < 1.29 is 9.52 Å². The molecule has 0 saturated heterocycles. The van der Waals surface area contributed by atoms with Gasteiger partial charge < -0.3 is 9.52 Å². The second kappa shape index (κ2) is 6.77. The van der Waals surface area contributed by atoms with E-state index in [1.54, 1.807) is 13.8 Å². The van der Waals surface area contributed by atoms with Crippen LogP contribution in [0.25, 0.3) is 0 Å². The van der Waals surface area contributed by atoms with Crippen LogP contribution in [0.15, 0.2) is 28.0 Å². The van der Waals surface area contributed by atoms with Gasteiger partial charge in [-0.2, -0.15) is 0 Å². The molecule has 2 rings (SSSR count). The van der Waals surface area contributed by atoms with Crippen molar-refractivity contribution in [2.75, 3.05) is 6.54 Å². The third-order valence-electron chi connectivity index (χ3n) is 3.52. The highest BCUT2D eigenvalue weighted by Gasteiger charge is 2.21. The fourth-order valence-electron chi connectivity index (χ4n) is 2.31. The predicted octanol–water partition coefficient (Wildman–Crippen LogP) is 4.29. The Morgan fingerprint density at radius 2 is 2.00 bits per heavy atom. The normalized spacial score (nSPS) is 12.3. The highest BCUT2D eigenvalue weighted by molar-refractivity contribution is 7.10. The van der Waals surface area contributed by atoms with Crippen LogP contribution in [0.3, 0.4) is 0 Å². The second-order valence-corrected chi connectivity index (χ2v) is 7.06. The van der Waals surface area contributed by atoms with Crippen molar-refractivity contribution in [3.05, 3.63) is 45.5 Å². The number of thiophene rings is 1. The molecule has 116 valence electrons. The average molecular weight is 307 g/mol. The molecule has 1 N–H and O–H groups in total. The van der Waals surface area contributed by atoms with Crippen molar-refractivity contribution in [2.24, 2.45) is 0 Å². The van der Waals surface area contributed by atoms with Crippen molar-refractivity contribution in [1.82, 2.24) is 4.90 Å². The number of hydrogen-bond donors (Lipinski definition) is 1. The molecule has 0 fully saturated rings. The zero-order valence-corrected chi connectivity index (χ0v) is 14.2. The van der Waals surface area contributed by atoms with Gasteiger partial charge in [-0.15, -0.1) is 11.3 Å². The lowest BCUT2D eigenvalue weighted by molar-refractivity contribution is 0.0516. The van der Waals surface area contributed by atoms with Crippen LogP contribution in [-0.2, 0) is 18.7 Å². The van der Waals surface area contributed by atoms with E-state index in [0.29, 0.717) is 5.76 Å². The standard InChI is InChI=1S/C17H25NO2S/c1-5-9-18(12-15-13(2)8-10-21-15)11-14-6-7-16(20-14)17(3,4)19/h6-8,10,19H,5,9,11-12H2,1-4H3. The van der Waals surface area contributed by atoms with E-state index in [9.17, 15) is 5.11 Å². The monoisotopic (exact) mass is 307 g/mol. The smallest absolute Gasteiger partial charge is 0.135 e. The summed E-state index contributed by atoms with van der Waals surface area (Å²) in [5.74, 6) is 1.54. The first-order valence-electron chi connectivity index (χ1n) is 7.47. The van der Waals surface area contributed by atoms with Gasteiger partial charge in [0.1, 0.15) is 17.1 Å². The average Bonchev–Trinajstić information content (AvgIpc) is 2.99. The Balaban J connectivity index is 2.06. The van der Waals surface area contributed by atoms with Gasteiger partial charge in [-0.05, 0) is 62.9 Å². The van der Waals surface area contributed by atoms with Crippen molar-refractivity contribution >= 4 is 11.3 Å². The highest BCUT2D eigenvalue weighted by atomic mass is 32.1. The molecule has 0 radical (unpaired) electrons. The number of hydrogen-bond acceptors (Lipinski definition) is 4. The Kier molecular flexibility index (Phi) is 5.25. The van der Waals surface area contributed by atoms with Crippen LogP contribution < -0.4 is 0 Å². The molecule has 0 aliphatic heterocycles. The maximum absolute atomic E-state index is 9.98. The van der Waals surface area contributed by atoms with Gasteiger partial charge in [-0.3, -0.25) is 4.90 Å². The minimum atomic E-state index is -0.918. The molecule has 0 aliphatic carbocycles. The molecule has 0 unspecified atom stereocenters. The summed E-state index contributed by atoms with van der Waals surface area (Å²) < 4.78 is 5.79. The third kappa shape index (κ3) is 4.43. The van der Waals surface area contributed by atoms with Crippen LogP contribution in [0.5, 0.6) is 0 Å². The largest absolute Gasteiger partial charge is 0.462 e. The summed E-state index contributed by atoms with van der Waals surface area (Å²) in [6.45, 7) is 10.6. The van der Waals surface area contributed by atoms with Crippen LogP contribution >= 0.6 is 11.3 Å². The minimum Gasteiger partial charge on any atom is -0.462 e. The van der Waals surface area contributed by atoms with E-state index >= 15 is 0 Å². The first kappa shape index (κ1) is 16.3. The first-order chi connectivity index (χ1) is 9.90. The zero-order chi connectivity index (χ0) is 15.5. The molecule has 0 aromatic carbocycles. The Morgan fingerprint density at radius 1 is 1.24 bits per heavy atom. The summed E-state index contributed by atoms with van der Waals surface area (Å²) in [5.41, 5.74) is 0.441. The fraction of sp³-hybridized carbons (Fsp3) is 0.529. The molecule has 4 heteroatoms. The van der Waals surface area contributed by atoms with Crippen molar-refractivity contribution in [3.8, 4) is 0 Å². The van der Waals surface area contributed by atoms with Crippen LogP contribution in [0.1, 0.15) is 49.2 Å². The number of furan rings is 1. The van der Waals surface area contributed by atoms with Crippen molar-refractivity contribution in [2.45, 2.75) is 52.8 Å². The zero-order valence-electron chi connectivity index (χ0n) is 13.3. The Morgan fingerprint density at radius 3 is 2.52 bits per heavy atom. The molecule has 0 saturated carbocycles. The molecule has 0 bridgehead atoms. The van der Waals surface area contributed by atoms with Gasteiger partial charge >= 0.3 is 0 Å². The summed E-state index contributed by atoms with van der Waals surface area (Å²) in [7, 11) is 0. The molecule has 0 spiro atoms. The van der Waals surface area contributed by atoms with E-state index in [0.717, 1.165) is 31.8 Å². The van der Waals surface area contributed by atoms with Crippen molar-refractivity contribution in [3.63, 3.8) is 0 Å². The molecule has 0 amide bonds. The quantitative estimate of drug-likeness (QED) is 0.829. The van der Waals surface area contributed by atoms with Gasteiger partial charge in [0, 0.05) is 11.4 Å². The van der Waals surface area contributed by atoms with Gasteiger partial charge in [0.25, 0.3) is 0 Å². The topological polar surface area (TPSA) is 36.6 Å². The molecule has 2 heterocycles. The molecular weight excluding hydrogens is 282 g/mol. The van der Waals surface area contributed by atoms with E-state index in [-0.39, 0.29) is 0 Å². The van der Waals surface area contributed by atoms with Gasteiger partial charge in [0.2, 0.25) is 0 Å². The van der Waals surface area contributed by atoms with Crippen LogP contribution in [-0.4, -0.2) is 16.6 Å². The summed E-state index contributed by atoms with van der Waals surface area (Å²) in [6.07, 6.45) is 1.11. The lowest BCUT2D eigenvalue weighted by Gasteiger charge is -2.20. The van der Waals surface area contributed by atoms with Crippen LogP contribution in [0.4, 0.5) is 0 Å². The SMILES string of the molecule is CCCN(Cc1ccc(C(C)(C)O)o1)Cc1sccc1C. The fourth-order valence-corrected chi connectivity index (χ4v) is 3.26. The van der Waals surface area contributed by atoms with Gasteiger partial charge in [0.15, 0.2) is 0 Å². The van der Waals surface area contributed by atoms with Gasteiger partial charge in [-0.25, -0.2) is 0 Å². The number of rotatable bonds is 7. The second-order valence-electron chi connectivity index (χ2n) is 6.06. The number of nitrogens with zero attached hydrogens (tertiary/aromatic N) is 1. The molecule has 21 heavy (non-hydrogen) atoms. The Bertz CT molecular complexity index is 565. The highest BCUT2D eigenvalue weighted by Crippen LogP contribution is 2.24. The lowest BCUT2D eigenvalue weighted by Crippen LogP contribution is -2.23. The van der Waals surface area contributed by atoms with Gasteiger partial charge in [-0.1, -0.05) is 6.92 Å². The molecule has 2 aromatic rings. The summed E-state index contributed by atoms with van der Waals surface area (Å²) in [5, 5.41) is 12.1.